The van der Waals surface area contributed by atoms with Crippen molar-refractivity contribution in [2.75, 3.05) is 18.5 Å². The molecule has 0 unspecified atom stereocenters. The lowest BCUT2D eigenvalue weighted by atomic mass is 9.61. The fraction of sp³-hybridized carbons (Fsp3) is 0.750. The van der Waals surface area contributed by atoms with Gasteiger partial charge in [-0.2, -0.15) is 0 Å². The second kappa shape index (κ2) is 13.3. The van der Waals surface area contributed by atoms with Gasteiger partial charge in [-0.15, -0.1) is 0 Å². The summed E-state index contributed by atoms with van der Waals surface area (Å²) in [6.07, 6.45) is 22.2. The van der Waals surface area contributed by atoms with Crippen LogP contribution in [0.1, 0.15) is 98.3 Å². The number of hydrogen-bond donors (Lipinski definition) is 2. The van der Waals surface area contributed by atoms with Gasteiger partial charge in [0.2, 0.25) is 0 Å². The van der Waals surface area contributed by atoms with E-state index < -0.39 is 19.3 Å². The zero-order chi connectivity index (χ0) is 26.3. The van der Waals surface area contributed by atoms with E-state index in [1.54, 1.807) is 5.57 Å². The Kier molecular flexibility index (Phi) is 10.9. The van der Waals surface area contributed by atoms with Crippen LogP contribution in [0.15, 0.2) is 47.6 Å². The third-order valence-electron chi connectivity index (χ3n) is 9.65. The average Bonchev–Trinajstić information content (AvgIpc) is 3.20. The summed E-state index contributed by atoms with van der Waals surface area (Å²) in [4.78, 5) is 0. The smallest absolute Gasteiger partial charge is 0.0913 e. The van der Waals surface area contributed by atoms with Crippen LogP contribution in [-0.4, -0.2) is 40.9 Å². The Hall–Kier alpha value is -0.890. The van der Waals surface area contributed by atoms with Gasteiger partial charge in [0.15, 0.2) is 0 Å². The molecular formula is C32H53O3P. The highest BCUT2D eigenvalue weighted by molar-refractivity contribution is 7.64. The van der Waals surface area contributed by atoms with Gasteiger partial charge in [-0.1, -0.05) is 77.0 Å². The second-order valence-electron chi connectivity index (χ2n) is 12.3. The van der Waals surface area contributed by atoms with E-state index in [9.17, 15) is 14.8 Å². The zero-order valence-electron chi connectivity index (χ0n) is 23.6. The first-order valence-electron chi connectivity index (χ1n) is 14.8. The molecule has 0 bridgehead atoms. The summed E-state index contributed by atoms with van der Waals surface area (Å²) in [5.74, 6) is 1.77. The van der Waals surface area contributed by atoms with E-state index in [1.807, 2.05) is 0 Å². The molecule has 3 aliphatic carbocycles. The lowest BCUT2D eigenvalue weighted by molar-refractivity contribution is 0.0862. The molecule has 0 aromatic rings. The number of aliphatic hydroxyl groups excluding tert-OH is 2. The van der Waals surface area contributed by atoms with Crippen molar-refractivity contribution in [2.45, 2.75) is 111 Å². The molecule has 0 aliphatic heterocycles. The Morgan fingerprint density at radius 2 is 1.83 bits per heavy atom. The fourth-order valence-electron chi connectivity index (χ4n) is 7.40. The van der Waals surface area contributed by atoms with Gasteiger partial charge < -0.3 is 14.8 Å². The maximum atomic E-state index is 13.5. The first-order valence-corrected chi connectivity index (χ1v) is 17.1. The molecule has 3 rings (SSSR count). The van der Waals surface area contributed by atoms with Crippen LogP contribution >= 0.6 is 7.14 Å². The normalized spacial score (nSPS) is 34.6. The standard InChI is InChI=1S/C32H53O3P/c1-6-8-19-36(35,20-9-7-2)21-11-12-24(3)29-16-17-30-26(13-10-18-32(29,30)5)14-15-27-22-28(33)23-31(34)25(27)4/h11-12,14-15,24,28-31,33-34H,4,6-10,13,16-23H2,1-3,5H3/b12-11+,26-14+,27-15-/t24-,28-,29-,30+,31+,32-/m1/s1. The predicted molar refractivity (Wildman–Crippen MR) is 155 cm³/mol. The van der Waals surface area contributed by atoms with Crippen molar-refractivity contribution in [3.05, 3.63) is 47.6 Å². The molecule has 6 atom stereocenters. The SMILES string of the molecule is C=C1/C(=C\C=C2/CCC[C@]3(C)[C@@H]([C@H](C)/C=C/CP(=O)(CCCC)CCCC)CC[C@@H]23)C[C@@H](O)C[C@@H]1O. The molecule has 0 saturated heterocycles. The largest absolute Gasteiger partial charge is 0.393 e. The van der Waals surface area contributed by atoms with Gasteiger partial charge in [0.05, 0.1) is 19.3 Å². The van der Waals surface area contributed by atoms with Crippen LogP contribution < -0.4 is 0 Å². The molecule has 3 fully saturated rings. The maximum Gasteiger partial charge on any atom is 0.0913 e. The Bertz CT molecular complexity index is 872. The number of unbranched alkanes of at least 4 members (excludes halogenated alkanes) is 2. The van der Waals surface area contributed by atoms with Crippen molar-refractivity contribution < 1.29 is 14.8 Å². The summed E-state index contributed by atoms with van der Waals surface area (Å²) in [6, 6.07) is 0. The highest BCUT2D eigenvalue weighted by Crippen LogP contribution is 2.59. The molecule has 0 aromatic heterocycles. The van der Waals surface area contributed by atoms with Crippen molar-refractivity contribution in [1.29, 1.82) is 0 Å². The predicted octanol–water partition coefficient (Wildman–Crippen LogP) is 8.28. The number of hydrogen-bond acceptors (Lipinski definition) is 3. The second-order valence-corrected chi connectivity index (χ2v) is 15.7. The summed E-state index contributed by atoms with van der Waals surface area (Å²) in [5, 5.41) is 20.3. The molecule has 4 heteroatoms. The van der Waals surface area contributed by atoms with Gasteiger partial charge in [-0.25, -0.2) is 0 Å². The number of rotatable bonds is 11. The molecule has 0 aromatic carbocycles. The highest BCUT2D eigenvalue weighted by Gasteiger charge is 2.50. The minimum absolute atomic E-state index is 0.309. The summed E-state index contributed by atoms with van der Waals surface area (Å²) in [6.45, 7) is 13.4. The van der Waals surface area contributed by atoms with E-state index >= 15 is 0 Å². The van der Waals surface area contributed by atoms with Crippen molar-refractivity contribution in [3.63, 3.8) is 0 Å². The highest BCUT2D eigenvalue weighted by atomic mass is 31.2. The molecule has 3 saturated carbocycles. The molecule has 0 amide bonds. The third-order valence-corrected chi connectivity index (χ3v) is 12.8. The van der Waals surface area contributed by atoms with E-state index in [2.05, 4.69) is 58.6 Å². The van der Waals surface area contributed by atoms with Crippen LogP contribution in [0.5, 0.6) is 0 Å². The van der Waals surface area contributed by atoms with Gasteiger partial charge in [0, 0.05) is 24.9 Å². The van der Waals surface area contributed by atoms with E-state index in [0.29, 0.717) is 36.0 Å². The Balaban J connectivity index is 1.69. The van der Waals surface area contributed by atoms with E-state index in [4.69, 9.17) is 0 Å². The molecule has 3 nitrogen and oxygen atoms in total. The van der Waals surface area contributed by atoms with Gasteiger partial charge in [0.1, 0.15) is 0 Å². The average molecular weight is 517 g/mol. The quantitative estimate of drug-likeness (QED) is 0.215. The Morgan fingerprint density at radius 3 is 2.50 bits per heavy atom. The first kappa shape index (κ1) is 29.7. The first-order chi connectivity index (χ1) is 17.1. The minimum atomic E-state index is -2.08. The number of allylic oxidation sites excluding steroid dienone is 5. The van der Waals surface area contributed by atoms with Gasteiger partial charge in [0.25, 0.3) is 0 Å². The van der Waals surface area contributed by atoms with Crippen molar-refractivity contribution >= 4 is 7.14 Å². The molecule has 36 heavy (non-hydrogen) atoms. The van der Waals surface area contributed by atoms with Crippen molar-refractivity contribution in [2.24, 2.45) is 23.2 Å². The number of fused-ring (bicyclic) bond motifs is 1. The molecule has 0 radical (unpaired) electrons. The van der Waals surface area contributed by atoms with Gasteiger partial charge in [-0.05, 0) is 85.7 Å². The molecule has 3 aliphatic rings. The molecule has 2 N–H and O–H groups in total. The van der Waals surface area contributed by atoms with Crippen LogP contribution in [0.2, 0.25) is 0 Å². The summed E-state index contributed by atoms with van der Waals surface area (Å²) in [7, 11) is -2.08. The van der Waals surface area contributed by atoms with Crippen LogP contribution in [0.25, 0.3) is 0 Å². The summed E-state index contributed by atoms with van der Waals surface area (Å²) < 4.78 is 13.5. The van der Waals surface area contributed by atoms with E-state index in [-0.39, 0.29) is 0 Å². The van der Waals surface area contributed by atoms with Crippen molar-refractivity contribution in [1.82, 2.24) is 0 Å². The summed E-state index contributed by atoms with van der Waals surface area (Å²) >= 11 is 0. The van der Waals surface area contributed by atoms with Crippen LogP contribution in [-0.2, 0) is 4.57 Å². The maximum absolute atomic E-state index is 13.5. The topological polar surface area (TPSA) is 57.5 Å². The minimum Gasteiger partial charge on any atom is -0.393 e. The van der Waals surface area contributed by atoms with Gasteiger partial charge in [-0.3, -0.25) is 0 Å². The Labute approximate surface area is 221 Å². The van der Waals surface area contributed by atoms with E-state index in [0.717, 1.165) is 61.7 Å². The fourth-order valence-corrected chi connectivity index (χ4v) is 10.3. The van der Waals surface area contributed by atoms with Crippen LogP contribution in [0.3, 0.4) is 0 Å². The lowest BCUT2D eigenvalue weighted by Gasteiger charge is -2.44. The lowest BCUT2D eigenvalue weighted by Crippen LogP contribution is -2.35. The van der Waals surface area contributed by atoms with Gasteiger partial charge >= 0.3 is 0 Å². The zero-order valence-corrected chi connectivity index (χ0v) is 24.4. The summed E-state index contributed by atoms with van der Waals surface area (Å²) in [5.41, 5.74) is 3.63. The monoisotopic (exact) mass is 516 g/mol. The van der Waals surface area contributed by atoms with E-state index in [1.165, 1.54) is 25.7 Å². The molecule has 0 spiro atoms. The molecule has 0 heterocycles. The molecule has 204 valence electrons. The molecular weight excluding hydrogens is 463 g/mol. The van der Waals surface area contributed by atoms with Crippen LogP contribution in [0, 0.1) is 23.2 Å². The van der Waals surface area contributed by atoms with Crippen molar-refractivity contribution in [3.8, 4) is 0 Å². The third kappa shape index (κ3) is 7.15. The Morgan fingerprint density at radius 1 is 1.14 bits per heavy atom. The van der Waals surface area contributed by atoms with Crippen LogP contribution in [0.4, 0.5) is 0 Å². The number of aliphatic hydroxyl groups is 2.